The molecule has 2 rings (SSSR count). The summed E-state index contributed by atoms with van der Waals surface area (Å²) in [5.41, 5.74) is 9.75. The zero-order chi connectivity index (χ0) is 10.9. The Balaban J connectivity index is 2.21. The average Bonchev–Trinajstić information content (AvgIpc) is 2.15. The van der Waals surface area contributed by atoms with Crippen LogP contribution in [0.5, 0.6) is 11.5 Å². The zero-order valence-corrected chi connectivity index (χ0v) is 8.10. The van der Waals surface area contributed by atoms with Gasteiger partial charge >= 0.3 is 0 Å². The van der Waals surface area contributed by atoms with Crippen LogP contribution in [0.4, 0.5) is 0 Å². The maximum atomic E-state index is 10.8. The number of primary amides is 1. The van der Waals surface area contributed by atoms with Gasteiger partial charge in [-0.3, -0.25) is 10.5 Å². The summed E-state index contributed by atoms with van der Waals surface area (Å²) in [4.78, 5) is 10.8. The quantitative estimate of drug-likeness (QED) is 0.715. The Kier molecular flexibility index (Phi) is 2.24. The van der Waals surface area contributed by atoms with Crippen LogP contribution in [0.2, 0.25) is 0 Å². The largest absolute Gasteiger partial charge is 0.484 e. The Hall–Kier alpha value is -1.75. The summed E-state index contributed by atoms with van der Waals surface area (Å²) >= 11 is 0. The number of hydrogen-bond donors (Lipinski definition) is 2. The molecule has 0 bridgehead atoms. The van der Waals surface area contributed by atoms with Gasteiger partial charge in [0.2, 0.25) is 11.6 Å². The van der Waals surface area contributed by atoms with Crippen LogP contribution < -0.4 is 20.9 Å². The van der Waals surface area contributed by atoms with Crippen LogP contribution in [0.3, 0.4) is 0 Å². The molecule has 1 heterocycles. The molecule has 0 aromatic heterocycles. The van der Waals surface area contributed by atoms with Crippen molar-refractivity contribution in [3.05, 3.63) is 24.3 Å². The summed E-state index contributed by atoms with van der Waals surface area (Å²) in [6.07, 6.45) is -0.0681. The van der Waals surface area contributed by atoms with Gasteiger partial charge in [-0.15, -0.1) is 0 Å². The number of ether oxygens (including phenoxy) is 2. The molecule has 4 N–H and O–H groups in total. The third kappa shape index (κ3) is 2.02. The molecule has 5 heteroatoms. The summed E-state index contributed by atoms with van der Waals surface area (Å²) in [5.74, 6) is 0.649. The highest BCUT2D eigenvalue weighted by Gasteiger charge is 2.35. The Bertz CT molecular complexity index is 394. The lowest BCUT2D eigenvalue weighted by atomic mass is 10.1. The Morgan fingerprint density at radius 1 is 1.40 bits per heavy atom. The molecule has 1 aliphatic rings. The predicted molar refractivity (Wildman–Crippen MR) is 53.3 cm³/mol. The van der Waals surface area contributed by atoms with E-state index in [4.69, 9.17) is 20.9 Å². The average molecular weight is 208 g/mol. The molecule has 0 fully saturated rings. The number of para-hydroxylation sites is 2. The van der Waals surface area contributed by atoms with Gasteiger partial charge in [0.1, 0.15) is 6.61 Å². The maximum Gasteiger partial charge on any atom is 0.223 e. The number of hydrogen-bond acceptors (Lipinski definition) is 4. The molecule has 1 aromatic rings. The highest BCUT2D eigenvalue weighted by atomic mass is 16.6. The third-order valence-corrected chi connectivity index (χ3v) is 2.11. The van der Waals surface area contributed by atoms with Crippen molar-refractivity contribution < 1.29 is 14.3 Å². The van der Waals surface area contributed by atoms with E-state index in [0.717, 1.165) is 0 Å². The lowest BCUT2D eigenvalue weighted by Gasteiger charge is -2.34. The summed E-state index contributed by atoms with van der Waals surface area (Å²) in [6, 6.07) is 7.15. The van der Waals surface area contributed by atoms with Crippen molar-refractivity contribution in [1.29, 1.82) is 0 Å². The fraction of sp³-hybridized carbons (Fsp3) is 0.300. The van der Waals surface area contributed by atoms with E-state index in [1.165, 1.54) is 0 Å². The zero-order valence-electron chi connectivity index (χ0n) is 8.10. The molecule has 1 unspecified atom stereocenters. The molecule has 1 atom stereocenters. The lowest BCUT2D eigenvalue weighted by Crippen LogP contribution is -2.55. The summed E-state index contributed by atoms with van der Waals surface area (Å²) in [5, 5.41) is 0. The molecule has 5 nitrogen and oxygen atoms in total. The van der Waals surface area contributed by atoms with E-state index < -0.39 is 11.6 Å². The summed E-state index contributed by atoms with van der Waals surface area (Å²) in [7, 11) is 0. The summed E-state index contributed by atoms with van der Waals surface area (Å²) in [6.45, 7) is 0.118. The molecule has 0 aliphatic carbocycles. The number of benzene rings is 1. The van der Waals surface area contributed by atoms with Crippen LogP contribution in [0, 0.1) is 0 Å². The first-order valence-corrected chi connectivity index (χ1v) is 4.57. The van der Waals surface area contributed by atoms with Crippen LogP contribution in [0.1, 0.15) is 6.42 Å². The first kappa shape index (κ1) is 9.79. The minimum atomic E-state index is -1.15. The molecule has 80 valence electrons. The second-order valence-corrected chi connectivity index (χ2v) is 3.55. The van der Waals surface area contributed by atoms with E-state index in [2.05, 4.69) is 0 Å². The van der Waals surface area contributed by atoms with Crippen LogP contribution >= 0.6 is 0 Å². The fourth-order valence-corrected chi connectivity index (χ4v) is 1.48. The maximum absolute atomic E-state index is 10.8. The van der Waals surface area contributed by atoms with Crippen molar-refractivity contribution in [3.63, 3.8) is 0 Å². The molecule has 15 heavy (non-hydrogen) atoms. The number of fused-ring (bicyclic) bond motifs is 1. The Morgan fingerprint density at radius 3 is 2.73 bits per heavy atom. The second kappa shape index (κ2) is 3.43. The number of rotatable bonds is 2. The normalized spacial score (nSPS) is 23.5. The van der Waals surface area contributed by atoms with Crippen molar-refractivity contribution >= 4 is 5.91 Å². The standard InChI is InChI=1S/C10H12N2O3/c11-9(13)5-10(12)6-14-7-3-1-2-4-8(7)15-10/h1-4H,5-6,12H2,(H2,11,13). The van der Waals surface area contributed by atoms with Gasteiger partial charge in [-0.25, -0.2) is 0 Å². The second-order valence-electron chi connectivity index (χ2n) is 3.55. The molecule has 0 spiro atoms. The van der Waals surface area contributed by atoms with Gasteiger partial charge in [0.25, 0.3) is 0 Å². The van der Waals surface area contributed by atoms with Crippen LogP contribution in [0.25, 0.3) is 0 Å². The van der Waals surface area contributed by atoms with Gasteiger partial charge in [0.05, 0.1) is 6.42 Å². The van der Waals surface area contributed by atoms with Gasteiger partial charge in [-0.1, -0.05) is 12.1 Å². The summed E-state index contributed by atoms with van der Waals surface area (Å²) < 4.78 is 10.9. The first-order valence-electron chi connectivity index (χ1n) is 4.57. The van der Waals surface area contributed by atoms with Crippen LogP contribution in [-0.4, -0.2) is 18.2 Å². The Morgan fingerprint density at radius 2 is 2.07 bits per heavy atom. The molecular formula is C10H12N2O3. The topological polar surface area (TPSA) is 87.6 Å². The van der Waals surface area contributed by atoms with Gasteiger partial charge in [-0.05, 0) is 12.1 Å². The lowest BCUT2D eigenvalue weighted by molar-refractivity contribution is -0.123. The van der Waals surface area contributed by atoms with Gasteiger partial charge in [-0.2, -0.15) is 0 Å². The highest BCUT2D eigenvalue weighted by Crippen LogP contribution is 2.33. The van der Waals surface area contributed by atoms with E-state index in [-0.39, 0.29) is 13.0 Å². The van der Waals surface area contributed by atoms with Crippen molar-refractivity contribution in [2.45, 2.75) is 12.1 Å². The van der Waals surface area contributed by atoms with Crippen molar-refractivity contribution in [2.24, 2.45) is 11.5 Å². The number of carbonyl (C=O) groups is 1. The number of nitrogens with two attached hydrogens (primary N) is 2. The predicted octanol–water partition coefficient (Wildman–Crippen LogP) is -0.0118. The molecule has 1 aliphatic heterocycles. The molecule has 0 saturated heterocycles. The minimum Gasteiger partial charge on any atom is -0.484 e. The molecular weight excluding hydrogens is 196 g/mol. The Labute approximate surface area is 87.0 Å². The highest BCUT2D eigenvalue weighted by molar-refractivity contribution is 5.75. The SMILES string of the molecule is NC(=O)CC1(N)COc2ccccc2O1. The monoisotopic (exact) mass is 208 g/mol. The third-order valence-electron chi connectivity index (χ3n) is 2.11. The number of carbonyl (C=O) groups excluding carboxylic acids is 1. The molecule has 1 aromatic carbocycles. The fourth-order valence-electron chi connectivity index (χ4n) is 1.48. The molecule has 0 radical (unpaired) electrons. The van der Waals surface area contributed by atoms with E-state index in [0.29, 0.717) is 11.5 Å². The van der Waals surface area contributed by atoms with E-state index in [1.807, 2.05) is 6.07 Å². The smallest absolute Gasteiger partial charge is 0.223 e. The van der Waals surface area contributed by atoms with E-state index in [9.17, 15) is 4.79 Å². The van der Waals surface area contributed by atoms with Crippen molar-refractivity contribution in [2.75, 3.05) is 6.61 Å². The first-order chi connectivity index (χ1) is 7.09. The van der Waals surface area contributed by atoms with Crippen molar-refractivity contribution in [3.8, 4) is 11.5 Å². The molecule has 1 amide bonds. The van der Waals surface area contributed by atoms with Gasteiger partial charge in [0, 0.05) is 0 Å². The van der Waals surface area contributed by atoms with Gasteiger partial charge in [0.15, 0.2) is 11.5 Å². The molecule has 0 saturated carbocycles. The minimum absolute atomic E-state index is 0.0681. The van der Waals surface area contributed by atoms with E-state index in [1.54, 1.807) is 18.2 Å². The van der Waals surface area contributed by atoms with Crippen molar-refractivity contribution in [1.82, 2.24) is 0 Å². The van der Waals surface area contributed by atoms with Crippen LogP contribution in [0.15, 0.2) is 24.3 Å². The van der Waals surface area contributed by atoms with Gasteiger partial charge < -0.3 is 15.2 Å². The van der Waals surface area contributed by atoms with Crippen LogP contribution in [-0.2, 0) is 4.79 Å². The van der Waals surface area contributed by atoms with E-state index >= 15 is 0 Å². The number of amides is 1.